The topological polar surface area (TPSA) is 53.1 Å². The van der Waals surface area contributed by atoms with Crippen molar-refractivity contribution in [2.24, 2.45) is 5.73 Å². The monoisotopic (exact) mass is 285 g/mol. The minimum absolute atomic E-state index is 0.0833. The number of ether oxygens (including phenoxy) is 1. The molecule has 2 N–H and O–H groups in total. The fourth-order valence-corrected chi connectivity index (χ4v) is 3.14. The van der Waals surface area contributed by atoms with Gasteiger partial charge in [-0.2, -0.15) is 0 Å². The van der Waals surface area contributed by atoms with Crippen molar-refractivity contribution in [3.05, 3.63) is 47.0 Å². The van der Waals surface area contributed by atoms with Crippen LogP contribution in [-0.2, 0) is 19.4 Å². The van der Waals surface area contributed by atoms with E-state index < -0.39 is 0 Å². The first-order valence-corrected chi connectivity index (χ1v) is 7.62. The average molecular weight is 285 g/mol. The normalized spacial score (nSPS) is 15.6. The maximum atomic E-state index is 6.44. The summed E-state index contributed by atoms with van der Waals surface area (Å²) in [5.74, 6) is 0.863. The van der Waals surface area contributed by atoms with E-state index in [1.54, 1.807) is 7.11 Å². The number of nitrogens with zero attached hydrogens (tertiary/aromatic N) is 2. The van der Waals surface area contributed by atoms with Crippen LogP contribution in [0.2, 0.25) is 0 Å². The van der Waals surface area contributed by atoms with Crippen LogP contribution in [0.15, 0.2) is 24.5 Å². The minimum Gasteiger partial charge on any atom is -0.496 e. The van der Waals surface area contributed by atoms with Crippen LogP contribution in [-0.4, -0.2) is 16.7 Å². The zero-order valence-electron chi connectivity index (χ0n) is 12.8. The van der Waals surface area contributed by atoms with Gasteiger partial charge in [-0.1, -0.05) is 17.7 Å². The Morgan fingerprint density at radius 1 is 1.33 bits per heavy atom. The minimum atomic E-state index is -0.0833. The Bertz CT molecular complexity index is 633. The summed E-state index contributed by atoms with van der Waals surface area (Å²) in [4.78, 5) is 4.54. The molecule has 1 aliphatic rings. The van der Waals surface area contributed by atoms with E-state index in [-0.39, 0.29) is 6.04 Å². The van der Waals surface area contributed by atoms with Gasteiger partial charge >= 0.3 is 0 Å². The van der Waals surface area contributed by atoms with Gasteiger partial charge < -0.3 is 15.0 Å². The summed E-state index contributed by atoms with van der Waals surface area (Å²) in [6, 6.07) is 6.08. The largest absolute Gasteiger partial charge is 0.496 e. The molecule has 3 rings (SSSR count). The highest BCUT2D eigenvalue weighted by Gasteiger charge is 2.18. The van der Waals surface area contributed by atoms with E-state index in [0.717, 1.165) is 30.7 Å². The number of methoxy groups -OCH3 is 1. The fraction of sp³-hybridized carbons (Fsp3) is 0.471. The molecular formula is C17H23N3O. The molecule has 0 bridgehead atoms. The predicted octanol–water partition coefficient (Wildman–Crippen LogP) is 2.78. The summed E-state index contributed by atoms with van der Waals surface area (Å²) < 4.78 is 7.67. The highest BCUT2D eigenvalue weighted by atomic mass is 16.5. The summed E-state index contributed by atoms with van der Waals surface area (Å²) in [5, 5.41) is 0. The van der Waals surface area contributed by atoms with Crippen LogP contribution >= 0.6 is 0 Å². The Labute approximate surface area is 125 Å². The Hall–Kier alpha value is -1.81. The molecular weight excluding hydrogens is 262 g/mol. The maximum absolute atomic E-state index is 6.44. The first kappa shape index (κ1) is 14.1. The van der Waals surface area contributed by atoms with Crippen LogP contribution in [0.5, 0.6) is 5.75 Å². The summed E-state index contributed by atoms with van der Waals surface area (Å²) >= 11 is 0. The van der Waals surface area contributed by atoms with Gasteiger partial charge in [0, 0.05) is 17.8 Å². The first-order valence-electron chi connectivity index (χ1n) is 7.62. The van der Waals surface area contributed by atoms with Gasteiger partial charge in [0.05, 0.1) is 25.2 Å². The molecule has 0 radical (unpaired) electrons. The van der Waals surface area contributed by atoms with E-state index >= 15 is 0 Å². The average Bonchev–Trinajstić information content (AvgIpc) is 2.90. The van der Waals surface area contributed by atoms with Crippen molar-refractivity contribution in [2.45, 2.75) is 45.2 Å². The second-order valence-corrected chi connectivity index (χ2v) is 5.85. The van der Waals surface area contributed by atoms with Crippen LogP contribution in [0.25, 0.3) is 0 Å². The maximum Gasteiger partial charge on any atom is 0.123 e. The van der Waals surface area contributed by atoms with Gasteiger partial charge in [-0.15, -0.1) is 0 Å². The number of aromatic nitrogens is 2. The molecule has 2 aromatic rings. The van der Waals surface area contributed by atoms with Gasteiger partial charge in [-0.05, 0) is 38.7 Å². The van der Waals surface area contributed by atoms with Crippen molar-refractivity contribution < 1.29 is 4.74 Å². The molecule has 4 heteroatoms. The molecule has 1 aromatic heterocycles. The lowest BCUT2D eigenvalue weighted by Gasteiger charge is -2.20. The van der Waals surface area contributed by atoms with Gasteiger partial charge in [0.1, 0.15) is 5.75 Å². The van der Waals surface area contributed by atoms with Crippen molar-refractivity contribution >= 4 is 0 Å². The highest BCUT2D eigenvalue weighted by molar-refractivity contribution is 5.39. The quantitative estimate of drug-likeness (QED) is 0.939. The molecule has 4 nitrogen and oxygen atoms in total. The molecule has 0 spiro atoms. The van der Waals surface area contributed by atoms with Crippen LogP contribution < -0.4 is 10.5 Å². The highest BCUT2D eigenvalue weighted by Crippen LogP contribution is 2.27. The van der Waals surface area contributed by atoms with E-state index in [1.165, 1.54) is 29.8 Å². The van der Waals surface area contributed by atoms with Crippen LogP contribution in [0, 0.1) is 6.92 Å². The van der Waals surface area contributed by atoms with Crippen LogP contribution in [0.3, 0.4) is 0 Å². The van der Waals surface area contributed by atoms with E-state index in [2.05, 4.69) is 22.5 Å². The van der Waals surface area contributed by atoms with Crippen LogP contribution in [0.1, 0.15) is 41.4 Å². The van der Waals surface area contributed by atoms with E-state index in [9.17, 15) is 0 Å². The fourth-order valence-electron chi connectivity index (χ4n) is 3.14. The number of imidazole rings is 1. The molecule has 1 atom stereocenters. The third-order valence-corrected chi connectivity index (χ3v) is 4.29. The smallest absolute Gasteiger partial charge is 0.123 e. The summed E-state index contributed by atoms with van der Waals surface area (Å²) in [7, 11) is 1.69. The Morgan fingerprint density at radius 3 is 2.95 bits per heavy atom. The standard InChI is InChI=1S/C17H23N3O/c1-12-7-8-17(21-2)13(9-12)14(18)10-20-11-19-15-5-3-4-6-16(15)20/h7-9,11,14H,3-6,10,18H2,1-2H3. The Morgan fingerprint density at radius 2 is 2.14 bits per heavy atom. The third-order valence-electron chi connectivity index (χ3n) is 4.29. The summed E-state index contributed by atoms with van der Waals surface area (Å²) in [6.07, 6.45) is 6.67. The third kappa shape index (κ3) is 2.81. The van der Waals surface area contributed by atoms with Crippen molar-refractivity contribution in [3.8, 4) is 5.75 Å². The van der Waals surface area contributed by atoms with Crippen molar-refractivity contribution in [1.82, 2.24) is 9.55 Å². The summed E-state index contributed by atoms with van der Waals surface area (Å²) in [5.41, 5.74) is 11.3. The molecule has 1 unspecified atom stereocenters. The van der Waals surface area contributed by atoms with E-state index in [4.69, 9.17) is 10.5 Å². The van der Waals surface area contributed by atoms with Gasteiger partial charge in [0.25, 0.3) is 0 Å². The molecule has 0 amide bonds. The van der Waals surface area contributed by atoms with E-state index in [1.807, 2.05) is 18.5 Å². The van der Waals surface area contributed by atoms with Crippen molar-refractivity contribution in [2.75, 3.05) is 7.11 Å². The molecule has 21 heavy (non-hydrogen) atoms. The van der Waals surface area contributed by atoms with Gasteiger partial charge in [-0.25, -0.2) is 4.98 Å². The Balaban J connectivity index is 1.85. The molecule has 0 saturated heterocycles. The lowest BCUT2D eigenvalue weighted by molar-refractivity contribution is 0.401. The summed E-state index contributed by atoms with van der Waals surface area (Å²) in [6.45, 7) is 2.83. The molecule has 1 heterocycles. The number of rotatable bonds is 4. The number of fused-ring (bicyclic) bond motifs is 1. The molecule has 1 aliphatic carbocycles. The lowest BCUT2D eigenvalue weighted by Crippen LogP contribution is -2.20. The molecule has 112 valence electrons. The van der Waals surface area contributed by atoms with Crippen molar-refractivity contribution in [1.29, 1.82) is 0 Å². The SMILES string of the molecule is COc1ccc(C)cc1C(N)Cn1cnc2c1CCCC2. The number of nitrogens with two attached hydrogens (primary N) is 1. The second-order valence-electron chi connectivity index (χ2n) is 5.85. The number of benzene rings is 1. The lowest BCUT2D eigenvalue weighted by atomic mass is 10.00. The number of hydrogen-bond acceptors (Lipinski definition) is 3. The number of hydrogen-bond donors (Lipinski definition) is 1. The van der Waals surface area contributed by atoms with Gasteiger partial charge in [0.15, 0.2) is 0 Å². The molecule has 0 fully saturated rings. The molecule has 0 aliphatic heterocycles. The number of aryl methyl sites for hydroxylation is 2. The van der Waals surface area contributed by atoms with Crippen LogP contribution in [0.4, 0.5) is 0 Å². The zero-order valence-corrected chi connectivity index (χ0v) is 12.8. The predicted molar refractivity (Wildman–Crippen MR) is 83.5 cm³/mol. The van der Waals surface area contributed by atoms with E-state index in [0.29, 0.717) is 0 Å². The second kappa shape index (κ2) is 5.90. The molecule has 1 aromatic carbocycles. The molecule has 0 saturated carbocycles. The zero-order chi connectivity index (χ0) is 14.8. The van der Waals surface area contributed by atoms with Gasteiger partial charge in [-0.3, -0.25) is 0 Å². The first-order chi connectivity index (χ1) is 10.2. The van der Waals surface area contributed by atoms with Crippen molar-refractivity contribution in [3.63, 3.8) is 0 Å². The Kier molecular flexibility index (Phi) is 3.97. The van der Waals surface area contributed by atoms with Gasteiger partial charge in [0.2, 0.25) is 0 Å².